The van der Waals surface area contributed by atoms with Crippen LogP contribution in [0.15, 0.2) is 47.4 Å². The average molecular weight is 412 g/mol. The third-order valence-corrected chi connectivity index (χ3v) is 6.58. The van der Waals surface area contributed by atoms with Crippen molar-refractivity contribution in [3.05, 3.63) is 48.0 Å². The molecule has 148 valence electrons. The van der Waals surface area contributed by atoms with Crippen LogP contribution in [-0.2, 0) is 14.8 Å². The summed E-state index contributed by atoms with van der Waals surface area (Å²) in [5.41, 5.74) is 0.143. The molecule has 0 saturated heterocycles. The Morgan fingerprint density at radius 2 is 1.89 bits per heavy atom. The highest BCUT2D eigenvalue weighted by Crippen LogP contribution is 2.46. The van der Waals surface area contributed by atoms with Gasteiger partial charge in [0.2, 0.25) is 0 Å². The zero-order valence-electron chi connectivity index (χ0n) is 14.4. The molecule has 0 aliphatic carbocycles. The zero-order valence-corrected chi connectivity index (χ0v) is 15.2. The Balaban J connectivity index is 1.76. The first kappa shape index (κ1) is 18.6. The number of hydrogen-bond donors (Lipinski definition) is 1. The summed E-state index contributed by atoms with van der Waals surface area (Å²) >= 11 is 0. The number of carbonyl (C=O) groups is 1. The predicted octanol–water partition coefficient (Wildman–Crippen LogP) is 3.26. The van der Waals surface area contributed by atoms with E-state index in [0.717, 1.165) is 4.31 Å². The summed E-state index contributed by atoms with van der Waals surface area (Å²) < 4.78 is 72.6. The van der Waals surface area contributed by atoms with Crippen LogP contribution in [0.3, 0.4) is 0 Å². The summed E-state index contributed by atoms with van der Waals surface area (Å²) in [7, 11) is -4.14. The van der Waals surface area contributed by atoms with Crippen molar-refractivity contribution in [3.63, 3.8) is 0 Å². The quantitative estimate of drug-likeness (QED) is 0.822. The summed E-state index contributed by atoms with van der Waals surface area (Å²) in [6.07, 6.45) is -4.83. The van der Waals surface area contributed by atoms with Crippen LogP contribution in [0.25, 0.3) is 0 Å². The molecule has 2 aromatic rings. The fourth-order valence-electron chi connectivity index (χ4n) is 3.47. The molecule has 0 fully saturated rings. The standard InChI is InChI=1S/C18H15F3N2O4S/c19-18(20,21)13-7-8-23(15-4-2-1-3-12(13)15)28(25,26)11-5-6-16-14(9-11)22-17(24)10-27-16/h1-6,9,13H,7-8,10H2,(H,22,24). The highest BCUT2D eigenvalue weighted by molar-refractivity contribution is 7.92. The van der Waals surface area contributed by atoms with Gasteiger partial charge in [-0.15, -0.1) is 0 Å². The van der Waals surface area contributed by atoms with Gasteiger partial charge in [0.15, 0.2) is 6.61 Å². The molecule has 4 rings (SSSR count). The number of nitrogens with one attached hydrogen (secondary N) is 1. The van der Waals surface area contributed by atoms with Crippen molar-refractivity contribution >= 4 is 27.3 Å². The van der Waals surface area contributed by atoms with Crippen molar-refractivity contribution in [2.24, 2.45) is 0 Å². The Kier molecular flexibility index (Phi) is 4.25. The fourth-order valence-corrected chi connectivity index (χ4v) is 5.00. The molecule has 2 aromatic carbocycles. The van der Waals surface area contributed by atoms with Crippen LogP contribution in [0.4, 0.5) is 24.5 Å². The largest absolute Gasteiger partial charge is 0.482 e. The van der Waals surface area contributed by atoms with Crippen LogP contribution in [0.2, 0.25) is 0 Å². The van der Waals surface area contributed by atoms with E-state index in [1.54, 1.807) is 0 Å². The van der Waals surface area contributed by atoms with E-state index in [2.05, 4.69) is 5.32 Å². The van der Waals surface area contributed by atoms with Gasteiger partial charge in [-0.2, -0.15) is 13.2 Å². The van der Waals surface area contributed by atoms with Crippen LogP contribution >= 0.6 is 0 Å². The van der Waals surface area contributed by atoms with Crippen molar-refractivity contribution in [3.8, 4) is 5.75 Å². The van der Waals surface area contributed by atoms with Crippen molar-refractivity contribution in [2.75, 3.05) is 22.8 Å². The van der Waals surface area contributed by atoms with Crippen molar-refractivity contribution in [1.82, 2.24) is 0 Å². The van der Waals surface area contributed by atoms with Gasteiger partial charge in [0.1, 0.15) is 5.75 Å². The first-order valence-electron chi connectivity index (χ1n) is 8.43. The van der Waals surface area contributed by atoms with E-state index in [1.807, 2.05) is 0 Å². The molecule has 0 saturated carbocycles. The second-order valence-electron chi connectivity index (χ2n) is 6.51. The minimum absolute atomic E-state index is 0.00841. The maximum Gasteiger partial charge on any atom is 0.395 e. The van der Waals surface area contributed by atoms with Crippen LogP contribution in [0, 0.1) is 0 Å². The van der Waals surface area contributed by atoms with Crippen LogP contribution in [0.5, 0.6) is 5.75 Å². The van der Waals surface area contributed by atoms with Crippen molar-refractivity contribution < 1.29 is 31.1 Å². The monoisotopic (exact) mass is 412 g/mol. The van der Waals surface area contributed by atoms with E-state index in [-0.39, 0.29) is 41.4 Å². The molecule has 0 radical (unpaired) electrons. The summed E-state index contributed by atoms with van der Waals surface area (Å²) in [6, 6.07) is 9.60. The molecule has 0 bridgehead atoms. The zero-order chi connectivity index (χ0) is 20.1. The smallest absolute Gasteiger partial charge is 0.395 e. The van der Waals surface area contributed by atoms with Crippen LogP contribution in [0.1, 0.15) is 17.9 Å². The third-order valence-electron chi connectivity index (χ3n) is 4.77. The maximum atomic E-state index is 13.4. The molecule has 0 aromatic heterocycles. The minimum Gasteiger partial charge on any atom is -0.482 e. The fraction of sp³-hybridized carbons (Fsp3) is 0.278. The van der Waals surface area contributed by atoms with E-state index < -0.39 is 28.0 Å². The second kappa shape index (κ2) is 6.40. The summed E-state index contributed by atoms with van der Waals surface area (Å²) in [5.74, 6) is -1.81. The van der Waals surface area contributed by atoms with E-state index in [4.69, 9.17) is 4.74 Å². The Morgan fingerprint density at radius 1 is 1.14 bits per heavy atom. The number of halogens is 3. The lowest BCUT2D eigenvalue weighted by Crippen LogP contribution is -2.39. The minimum atomic E-state index is -4.46. The Bertz CT molecular complexity index is 1050. The van der Waals surface area contributed by atoms with Gasteiger partial charge in [-0.25, -0.2) is 8.42 Å². The molecule has 1 N–H and O–H groups in total. The molecule has 2 aliphatic heterocycles. The Labute approximate surface area is 159 Å². The molecular weight excluding hydrogens is 397 g/mol. The van der Waals surface area contributed by atoms with Gasteiger partial charge in [0, 0.05) is 6.54 Å². The summed E-state index contributed by atoms with van der Waals surface area (Å²) in [5, 5.41) is 2.53. The molecule has 1 atom stereocenters. The number of sulfonamides is 1. The lowest BCUT2D eigenvalue weighted by atomic mass is 9.90. The van der Waals surface area contributed by atoms with Gasteiger partial charge >= 0.3 is 6.18 Å². The van der Waals surface area contributed by atoms with Crippen LogP contribution < -0.4 is 14.4 Å². The normalized spacial score (nSPS) is 19.3. The number of rotatable bonds is 2. The topological polar surface area (TPSA) is 75.7 Å². The highest BCUT2D eigenvalue weighted by atomic mass is 32.2. The maximum absolute atomic E-state index is 13.4. The number of fused-ring (bicyclic) bond motifs is 2. The van der Waals surface area contributed by atoms with Gasteiger partial charge in [-0.05, 0) is 36.2 Å². The van der Waals surface area contributed by atoms with Crippen molar-refractivity contribution in [1.29, 1.82) is 0 Å². The number of carbonyl (C=O) groups excluding carboxylic acids is 1. The summed E-state index contributed by atoms with van der Waals surface area (Å²) in [4.78, 5) is 11.3. The lowest BCUT2D eigenvalue weighted by molar-refractivity contribution is -0.151. The first-order chi connectivity index (χ1) is 13.2. The number of hydrogen-bond acceptors (Lipinski definition) is 4. The number of nitrogens with zero attached hydrogens (tertiary/aromatic N) is 1. The third kappa shape index (κ3) is 3.07. The summed E-state index contributed by atoms with van der Waals surface area (Å²) in [6.45, 7) is -0.471. The molecule has 1 unspecified atom stereocenters. The molecule has 2 aliphatic rings. The molecule has 28 heavy (non-hydrogen) atoms. The Morgan fingerprint density at radius 3 is 2.64 bits per heavy atom. The molecule has 2 heterocycles. The van der Waals surface area contributed by atoms with Crippen molar-refractivity contribution in [2.45, 2.75) is 23.4 Å². The van der Waals surface area contributed by atoms with Crippen LogP contribution in [-0.4, -0.2) is 33.7 Å². The lowest BCUT2D eigenvalue weighted by Gasteiger charge is -2.35. The second-order valence-corrected chi connectivity index (χ2v) is 8.38. The average Bonchev–Trinajstić information content (AvgIpc) is 2.65. The predicted molar refractivity (Wildman–Crippen MR) is 95.0 cm³/mol. The molecule has 0 spiro atoms. The number of ether oxygens (including phenoxy) is 1. The van der Waals surface area contributed by atoms with Gasteiger partial charge < -0.3 is 10.1 Å². The first-order valence-corrected chi connectivity index (χ1v) is 9.87. The van der Waals surface area contributed by atoms with Gasteiger partial charge in [0.25, 0.3) is 15.9 Å². The number of para-hydroxylation sites is 1. The van der Waals surface area contributed by atoms with Gasteiger partial charge in [0.05, 0.1) is 22.2 Å². The van der Waals surface area contributed by atoms with E-state index in [1.165, 1.54) is 42.5 Å². The highest BCUT2D eigenvalue weighted by Gasteiger charge is 2.46. The number of alkyl halides is 3. The van der Waals surface area contributed by atoms with E-state index in [9.17, 15) is 26.4 Å². The molecule has 6 nitrogen and oxygen atoms in total. The number of amides is 1. The van der Waals surface area contributed by atoms with E-state index >= 15 is 0 Å². The van der Waals surface area contributed by atoms with Gasteiger partial charge in [-0.1, -0.05) is 18.2 Å². The van der Waals surface area contributed by atoms with E-state index in [0.29, 0.717) is 5.75 Å². The molecular formula is C18H15F3N2O4S. The SMILES string of the molecule is O=C1COc2ccc(S(=O)(=O)N3CCC(C(F)(F)F)c4ccccc43)cc2N1. The number of anilines is 2. The van der Waals surface area contributed by atoms with Gasteiger partial charge in [-0.3, -0.25) is 9.10 Å². The molecule has 1 amide bonds. The molecule has 10 heteroatoms. The number of benzene rings is 2. The Hall–Kier alpha value is -2.75.